The van der Waals surface area contributed by atoms with Crippen molar-refractivity contribution in [3.8, 4) is 17.5 Å². The largest absolute Gasteiger partial charge is 0.440 e. The molecule has 11 heteroatoms. The van der Waals surface area contributed by atoms with Gasteiger partial charge in [0.1, 0.15) is 17.2 Å². The number of nitriles is 1. The topological polar surface area (TPSA) is 98.1 Å². The van der Waals surface area contributed by atoms with Crippen LogP contribution in [0.4, 0.5) is 29.5 Å². The molecule has 8 nitrogen and oxygen atoms in total. The van der Waals surface area contributed by atoms with Crippen LogP contribution in [0.2, 0.25) is 0 Å². The van der Waals surface area contributed by atoms with Gasteiger partial charge in [-0.3, -0.25) is 4.90 Å². The third-order valence-corrected chi connectivity index (χ3v) is 7.11. The van der Waals surface area contributed by atoms with Gasteiger partial charge in [0.15, 0.2) is 0 Å². The van der Waals surface area contributed by atoms with Crippen LogP contribution in [0.15, 0.2) is 60.8 Å². The summed E-state index contributed by atoms with van der Waals surface area (Å²) < 4.78 is 44.9. The van der Waals surface area contributed by atoms with Crippen molar-refractivity contribution < 1.29 is 22.7 Å². The minimum Gasteiger partial charge on any atom is -0.440 e. The molecule has 0 radical (unpaired) electrons. The second-order valence-electron chi connectivity index (χ2n) is 9.50. The molecule has 4 aromatic rings. The summed E-state index contributed by atoms with van der Waals surface area (Å²) in [4.78, 5) is 28.2. The molecule has 4 heterocycles. The molecule has 0 unspecified atom stereocenters. The Morgan fingerprint density at radius 1 is 1.05 bits per heavy atom. The van der Waals surface area contributed by atoms with E-state index >= 15 is 0 Å². The molecule has 38 heavy (non-hydrogen) atoms. The van der Waals surface area contributed by atoms with Crippen LogP contribution < -0.4 is 9.80 Å². The number of pyridine rings is 1. The Morgan fingerprint density at radius 3 is 2.47 bits per heavy atom. The van der Waals surface area contributed by atoms with Gasteiger partial charge in [-0.25, -0.2) is 14.8 Å². The maximum atomic E-state index is 13.0. The highest BCUT2D eigenvalue weighted by Gasteiger charge is 2.47. The number of carbonyl (C=O) groups is 1. The number of anilines is 2. The van der Waals surface area contributed by atoms with Gasteiger partial charge >= 0.3 is 12.3 Å². The van der Waals surface area contributed by atoms with E-state index in [4.69, 9.17) is 10.00 Å². The van der Waals surface area contributed by atoms with Crippen molar-refractivity contribution in [3.05, 3.63) is 71.9 Å². The van der Waals surface area contributed by atoms with Gasteiger partial charge in [0.05, 0.1) is 34.8 Å². The molecule has 6 rings (SSSR count). The number of carbonyl (C=O) groups excluding carboxylic acids is 1. The number of H-pyrrole nitrogens is 1. The number of hydrogen-bond acceptors (Lipinski definition) is 6. The normalized spacial score (nSPS) is 17.2. The van der Waals surface area contributed by atoms with E-state index in [9.17, 15) is 18.0 Å². The summed E-state index contributed by atoms with van der Waals surface area (Å²) in [5, 5.41) is 9.00. The van der Waals surface area contributed by atoms with E-state index in [0.29, 0.717) is 66.1 Å². The Balaban J connectivity index is 1.12. The number of amides is 1. The van der Waals surface area contributed by atoms with Crippen molar-refractivity contribution in [3.63, 3.8) is 0 Å². The van der Waals surface area contributed by atoms with E-state index in [2.05, 4.69) is 25.9 Å². The number of piperidine rings is 1. The predicted octanol–water partition coefficient (Wildman–Crippen LogP) is 5.51. The molecule has 2 aliphatic heterocycles. The molecule has 2 aromatic carbocycles. The maximum Gasteiger partial charge on any atom is 0.416 e. The van der Waals surface area contributed by atoms with Gasteiger partial charge in [-0.1, -0.05) is 0 Å². The lowest BCUT2D eigenvalue weighted by molar-refractivity contribution is -0.137. The molecular weight excluding hydrogens is 497 g/mol. The zero-order chi connectivity index (χ0) is 26.5. The molecule has 2 aliphatic rings. The second kappa shape index (κ2) is 8.76. The summed E-state index contributed by atoms with van der Waals surface area (Å²) in [7, 11) is 0. The summed E-state index contributed by atoms with van der Waals surface area (Å²) in [5.74, 6) is 1.20. The first-order chi connectivity index (χ1) is 18.2. The van der Waals surface area contributed by atoms with Gasteiger partial charge in [0.2, 0.25) is 0 Å². The fourth-order valence-electron chi connectivity index (χ4n) is 4.98. The van der Waals surface area contributed by atoms with Crippen molar-refractivity contribution in [1.82, 2.24) is 15.0 Å². The number of aromatic amines is 1. The number of rotatable bonds is 3. The van der Waals surface area contributed by atoms with Crippen molar-refractivity contribution >= 4 is 28.6 Å². The highest BCUT2D eigenvalue weighted by Crippen LogP contribution is 2.37. The van der Waals surface area contributed by atoms with Crippen LogP contribution in [-0.4, -0.2) is 46.3 Å². The molecule has 2 fully saturated rings. The number of benzene rings is 2. The van der Waals surface area contributed by atoms with Crippen molar-refractivity contribution in [2.75, 3.05) is 29.4 Å². The maximum absolute atomic E-state index is 13.0. The van der Waals surface area contributed by atoms with Crippen LogP contribution in [0.25, 0.3) is 22.4 Å². The molecule has 2 saturated heterocycles. The molecule has 1 spiro atoms. The average molecular weight is 518 g/mol. The van der Waals surface area contributed by atoms with Crippen LogP contribution in [0.3, 0.4) is 0 Å². The molecule has 0 atom stereocenters. The van der Waals surface area contributed by atoms with E-state index in [1.54, 1.807) is 35.4 Å². The van der Waals surface area contributed by atoms with Gasteiger partial charge < -0.3 is 14.6 Å². The highest BCUT2D eigenvalue weighted by molar-refractivity contribution is 5.90. The lowest BCUT2D eigenvalue weighted by Gasteiger charge is -2.38. The summed E-state index contributed by atoms with van der Waals surface area (Å²) in [6.45, 7) is 1.73. The van der Waals surface area contributed by atoms with Crippen LogP contribution in [-0.2, 0) is 10.9 Å². The quantitative estimate of drug-likeness (QED) is 0.384. The number of imidazole rings is 1. The Labute approximate surface area is 215 Å². The number of fused-ring (bicyclic) bond motifs is 1. The number of ether oxygens (including phenoxy) is 1. The van der Waals surface area contributed by atoms with Gasteiger partial charge in [0, 0.05) is 43.4 Å². The molecule has 2 aromatic heterocycles. The van der Waals surface area contributed by atoms with E-state index in [1.807, 2.05) is 12.1 Å². The zero-order valence-electron chi connectivity index (χ0n) is 20.0. The lowest BCUT2D eigenvalue weighted by Crippen LogP contribution is -2.47. The van der Waals surface area contributed by atoms with Gasteiger partial charge in [-0.15, -0.1) is 0 Å². The Bertz CT molecular complexity index is 1550. The first-order valence-corrected chi connectivity index (χ1v) is 12.0. The van der Waals surface area contributed by atoms with E-state index in [0.717, 1.165) is 18.0 Å². The lowest BCUT2D eigenvalue weighted by atomic mass is 9.91. The molecule has 1 amide bonds. The molecular formula is C27H21F3N6O2. The number of nitrogens with one attached hydrogen (secondary N) is 1. The van der Waals surface area contributed by atoms with Crippen molar-refractivity contribution in [2.45, 2.75) is 24.6 Å². The van der Waals surface area contributed by atoms with Gasteiger partial charge in [0.25, 0.3) is 0 Å². The monoisotopic (exact) mass is 518 g/mol. The van der Waals surface area contributed by atoms with Gasteiger partial charge in [-0.05, 0) is 54.6 Å². The first kappa shape index (κ1) is 23.8. The predicted molar refractivity (Wildman–Crippen MR) is 133 cm³/mol. The second-order valence-corrected chi connectivity index (χ2v) is 9.50. The number of halogens is 3. The number of hydrogen-bond donors (Lipinski definition) is 1. The molecule has 192 valence electrons. The highest BCUT2D eigenvalue weighted by atomic mass is 19.4. The standard InChI is InChI=1S/C27H21F3N6O2/c28-27(29,30)19-4-7-21-22(13-19)34-24(33-21)18-3-8-23(32-15-18)35-11-9-26(10-12-35)16-36(25(37)38-26)20-5-1-17(14-31)2-6-20/h1-8,13,15H,9-12,16H2,(H,33,34). The van der Waals surface area contributed by atoms with E-state index < -0.39 is 17.3 Å². The average Bonchev–Trinajstić information content (AvgIpc) is 3.49. The third-order valence-electron chi connectivity index (χ3n) is 7.11. The Hall–Kier alpha value is -4.59. The Kier molecular flexibility index (Phi) is 5.48. The number of nitrogens with zero attached hydrogens (tertiary/aromatic N) is 5. The van der Waals surface area contributed by atoms with Gasteiger partial charge in [-0.2, -0.15) is 18.4 Å². The zero-order valence-corrected chi connectivity index (χ0v) is 20.0. The molecule has 0 aliphatic carbocycles. The van der Waals surface area contributed by atoms with Crippen LogP contribution in [0.5, 0.6) is 0 Å². The Morgan fingerprint density at radius 2 is 1.82 bits per heavy atom. The van der Waals surface area contributed by atoms with E-state index in [1.165, 1.54) is 6.07 Å². The van der Waals surface area contributed by atoms with Crippen LogP contribution in [0.1, 0.15) is 24.0 Å². The summed E-state index contributed by atoms with van der Waals surface area (Å²) in [6.07, 6.45) is -1.89. The summed E-state index contributed by atoms with van der Waals surface area (Å²) in [6, 6.07) is 16.0. The number of alkyl halides is 3. The SMILES string of the molecule is N#Cc1ccc(N2CC3(CCN(c4ccc(-c5nc6ccc(C(F)(F)F)cc6[nH]5)cn4)CC3)OC2=O)cc1. The first-order valence-electron chi connectivity index (χ1n) is 12.0. The minimum atomic E-state index is -4.42. The minimum absolute atomic E-state index is 0.307. The number of aromatic nitrogens is 3. The third kappa shape index (κ3) is 4.28. The van der Waals surface area contributed by atoms with Crippen molar-refractivity contribution in [1.29, 1.82) is 5.26 Å². The molecule has 0 bridgehead atoms. The summed E-state index contributed by atoms with van der Waals surface area (Å²) >= 11 is 0. The van der Waals surface area contributed by atoms with Crippen LogP contribution in [0, 0.1) is 11.3 Å². The van der Waals surface area contributed by atoms with Crippen molar-refractivity contribution in [2.24, 2.45) is 0 Å². The fourth-order valence-corrected chi connectivity index (χ4v) is 4.98. The smallest absolute Gasteiger partial charge is 0.416 e. The molecule has 0 saturated carbocycles. The molecule has 1 N–H and O–H groups in total. The van der Waals surface area contributed by atoms with E-state index in [-0.39, 0.29) is 6.09 Å². The fraction of sp³-hybridized carbons (Fsp3) is 0.259. The van der Waals surface area contributed by atoms with Crippen LogP contribution >= 0.6 is 0 Å². The summed E-state index contributed by atoms with van der Waals surface area (Å²) in [5.41, 5.74) is 1.33.